The number of carbonyl (C=O) groups is 1. The second-order valence-corrected chi connectivity index (χ2v) is 6.29. The van der Waals surface area contributed by atoms with Crippen LogP contribution in [0.5, 0.6) is 0 Å². The van der Waals surface area contributed by atoms with E-state index in [0.717, 1.165) is 10.9 Å². The van der Waals surface area contributed by atoms with Crippen molar-refractivity contribution < 1.29 is 9.72 Å². The first-order valence-electron chi connectivity index (χ1n) is 5.93. The zero-order valence-corrected chi connectivity index (χ0v) is 13.5. The molecule has 1 aromatic heterocycles. The van der Waals surface area contributed by atoms with Crippen molar-refractivity contribution in [2.24, 2.45) is 5.10 Å². The molecule has 1 N–H and O–H groups in total. The summed E-state index contributed by atoms with van der Waals surface area (Å²) in [5.74, 6) is -0.629. The largest absolute Gasteiger partial charge is 0.273 e. The van der Waals surface area contributed by atoms with Crippen molar-refractivity contribution >= 4 is 51.8 Å². The van der Waals surface area contributed by atoms with Gasteiger partial charge in [-0.25, -0.2) is 5.43 Å². The summed E-state index contributed by atoms with van der Waals surface area (Å²) < 4.78 is 0.609. The van der Waals surface area contributed by atoms with Gasteiger partial charge in [-0.05, 0) is 25.1 Å². The Hall–Kier alpha value is -1.96. The number of rotatable bonds is 4. The smallest absolute Gasteiger partial charge is 0.267 e. The maximum absolute atomic E-state index is 12.0. The highest BCUT2D eigenvalue weighted by atomic mass is 35.5. The monoisotopic (exact) mass is 357 g/mol. The van der Waals surface area contributed by atoms with Crippen LogP contribution < -0.4 is 5.43 Å². The van der Waals surface area contributed by atoms with Gasteiger partial charge in [-0.1, -0.05) is 23.2 Å². The fourth-order valence-electron chi connectivity index (χ4n) is 1.56. The molecule has 1 heterocycles. The van der Waals surface area contributed by atoms with Crippen molar-refractivity contribution in [1.82, 2.24) is 5.43 Å². The Labute approximate surface area is 139 Å². The number of hydrogen-bond donors (Lipinski definition) is 1. The molecule has 9 heteroatoms. The number of carbonyl (C=O) groups excluding carboxylic acids is 1. The number of benzene rings is 1. The predicted molar refractivity (Wildman–Crippen MR) is 87.1 cm³/mol. The van der Waals surface area contributed by atoms with Crippen molar-refractivity contribution in [2.45, 2.75) is 6.92 Å². The molecule has 0 spiro atoms. The highest BCUT2D eigenvalue weighted by Crippen LogP contribution is 2.23. The number of nitro benzene ring substituents is 1. The maximum Gasteiger partial charge on any atom is 0.273 e. The Morgan fingerprint density at radius 2 is 2.05 bits per heavy atom. The molecular weight excluding hydrogens is 349 g/mol. The molecule has 1 amide bonds. The van der Waals surface area contributed by atoms with Gasteiger partial charge in [-0.15, -0.1) is 11.3 Å². The number of amides is 1. The molecule has 0 aliphatic carbocycles. The normalized spacial score (nSPS) is 11.3. The van der Waals surface area contributed by atoms with Crippen LogP contribution in [0.15, 0.2) is 35.4 Å². The number of hydrazone groups is 1. The maximum atomic E-state index is 12.0. The van der Waals surface area contributed by atoms with E-state index in [4.69, 9.17) is 23.2 Å². The Morgan fingerprint density at radius 1 is 1.32 bits per heavy atom. The number of nitro groups is 1. The average molecular weight is 358 g/mol. The molecule has 0 saturated carbocycles. The summed E-state index contributed by atoms with van der Waals surface area (Å²) in [6.45, 7) is 1.71. The molecule has 0 radical (unpaired) electrons. The number of hydrogen-bond acceptors (Lipinski definition) is 5. The molecule has 1 aromatic carbocycles. The zero-order chi connectivity index (χ0) is 16.3. The van der Waals surface area contributed by atoms with Crippen molar-refractivity contribution in [3.8, 4) is 0 Å². The average Bonchev–Trinajstić information content (AvgIpc) is 2.91. The molecule has 0 fully saturated rings. The van der Waals surface area contributed by atoms with Crippen LogP contribution >= 0.6 is 34.5 Å². The number of thiophene rings is 1. The molecule has 114 valence electrons. The summed E-state index contributed by atoms with van der Waals surface area (Å²) in [5, 5.41) is 14.8. The lowest BCUT2D eigenvalue weighted by atomic mass is 10.2. The molecule has 6 nitrogen and oxygen atoms in total. The van der Waals surface area contributed by atoms with Crippen LogP contribution in [0.25, 0.3) is 0 Å². The molecule has 2 rings (SSSR count). The predicted octanol–water partition coefficient (Wildman–Crippen LogP) is 4.12. The van der Waals surface area contributed by atoms with Gasteiger partial charge in [0.2, 0.25) is 0 Å². The third-order valence-corrected chi connectivity index (χ3v) is 4.33. The first-order chi connectivity index (χ1) is 10.4. The van der Waals surface area contributed by atoms with E-state index < -0.39 is 10.8 Å². The van der Waals surface area contributed by atoms with Crippen molar-refractivity contribution in [1.29, 1.82) is 0 Å². The van der Waals surface area contributed by atoms with Crippen LogP contribution in [0.1, 0.15) is 22.2 Å². The number of nitrogens with zero attached hydrogens (tertiary/aromatic N) is 2. The van der Waals surface area contributed by atoms with Crippen LogP contribution in [0, 0.1) is 10.1 Å². The Morgan fingerprint density at radius 3 is 2.64 bits per heavy atom. The SMILES string of the molecule is CC(=NNC(=O)c1cc([N+](=O)[O-])ccc1Cl)c1ccc(Cl)s1. The molecular formula is C13H9Cl2N3O3S. The van der Waals surface area contributed by atoms with Gasteiger partial charge < -0.3 is 0 Å². The van der Waals surface area contributed by atoms with Crippen LogP contribution in [0.4, 0.5) is 5.69 Å². The highest BCUT2D eigenvalue weighted by molar-refractivity contribution is 7.18. The molecule has 2 aromatic rings. The molecule has 0 atom stereocenters. The highest BCUT2D eigenvalue weighted by Gasteiger charge is 2.15. The number of non-ortho nitro benzene ring substituents is 1. The summed E-state index contributed by atoms with van der Waals surface area (Å²) in [7, 11) is 0. The van der Waals surface area contributed by atoms with Crippen molar-refractivity contribution in [3.63, 3.8) is 0 Å². The Kier molecular flexibility index (Phi) is 5.12. The van der Waals surface area contributed by atoms with Gasteiger partial charge >= 0.3 is 0 Å². The number of halogens is 2. The van der Waals surface area contributed by atoms with Gasteiger partial charge in [0.05, 0.1) is 30.4 Å². The third kappa shape index (κ3) is 3.82. The molecule has 0 bridgehead atoms. The van der Waals surface area contributed by atoms with Gasteiger partial charge in [0, 0.05) is 12.1 Å². The minimum Gasteiger partial charge on any atom is -0.267 e. The van der Waals surface area contributed by atoms with Crippen LogP contribution in [-0.2, 0) is 0 Å². The summed E-state index contributed by atoms with van der Waals surface area (Å²) in [6.07, 6.45) is 0. The van der Waals surface area contributed by atoms with Crippen LogP contribution in [0.2, 0.25) is 9.36 Å². The lowest BCUT2D eigenvalue weighted by molar-refractivity contribution is -0.384. The van der Waals surface area contributed by atoms with Gasteiger partial charge in [0.25, 0.3) is 11.6 Å². The first kappa shape index (κ1) is 16.4. The van der Waals surface area contributed by atoms with Crippen molar-refractivity contribution in [3.05, 3.63) is 60.2 Å². The molecule has 0 aliphatic rings. The quantitative estimate of drug-likeness (QED) is 0.507. The summed E-state index contributed by atoms with van der Waals surface area (Å²) in [5.41, 5.74) is 2.64. The minimum atomic E-state index is -0.629. The Balaban J connectivity index is 2.19. The van der Waals surface area contributed by atoms with E-state index in [-0.39, 0.29) is 16.3 Å². The lowest BCUT2D eigenvalue weighted by Gasteiger charge is -2.03. The van der Waals surface area contributed by atoms with E-state index in [9.17, 15) is 14.9 Å². The minimum absolute atomic E-state index is 0.0170. The second-order valence-electron chi connectivity index (χ2n) is 4.16. The lowest BCUT2D eigenvalue weighted by Crippen LogP contribution is -2.19. The van der Waals surface area contributed by atoms with Gasteiger partial charge in [0.15, 0.2) is 0 Å². The van der Waals surface area contributed by atoms with Gasteiger partial charge in [-0.2, -0.15) is 5.10 Å². The van der Waals surface area contributed by atoms with E-state index in [0.29, 0.717) is 10.0 Å². The van der Waals surface area contributed by atoms with E-state index in [1.807, 2.05) is 0 Å². The fraction of sp³-hybridized carbons (Fsp3) is 0.0769. The van der Waals surface area contributed by atoms with E-state index >= 15 is 0 Å². The Bertz CT molecular complexity index is 774. The number of nitrogens with one attached hydrogen (secondary N) is 1. The fourth-order valence-corrected chi connectivity index (χ4v) is 2.75. The van der Waals surface area contributed by atoms with Crippen LogP contribution in [0.3, 0.4) is 0 Å². The first-order valence-corrected chi connectivity index (χ1v) is 7.50. The van der Waals surface area contributed by atoms with E-state index in [1.165, 1.54) is 23.5 Å². The summed E-state index contributed by atoms with van der Waals surface area (Å²) in [4.78, 5) is 23.0. The molecule has 0 saturated heterocycles. The second kappa shape index (κ2) is 6.87. The third-order valence-electron chi connectivity index (χ3n) is 2.66. The summed E-state index contributed by atoms with van der Waals surface area (Å²) >= 11 is 13.0. The van der Waals surface area contributed by atoms with Crippen molar-refractivity contribution in [2.75, 3.05) is 0 Å². The molecule has 22 heavy (non-hydrogen) atoms. The van der Waals surface area contributed by atoms with Gasteiger partial charge in [-0.3, -0.25) is 14.9 Å². The van der Waals surface area contributed by atoms with Crippen LogP contribution in [-0.4, -0.2) is 16.5 Å². The summed E-state index contributed by atoms with van der Waals surface area (Å²) in [6, 6.07) is 7.12. The van der Waals surface area contributed by atoms with Gasteiger partial charge in [0.1, 0.15) is 0 Å². The van der Waals surface area contributed by atoms with E-state index in [2.05, 4.69) is 10.5 Å². The zero-order valence-electron chi connectivity index (χ0n) is 11.2. The standard InChI is InChI=1S/C13H9Cl2N3O3S/c1-7(11-4-5-12(15)22-11)16-17-13(19)9-6-8(18(20)21)2-3-10(9)14/h2-6H,1H3,(H,17,19). The van der Waals surface area contributed by atoms with E-state index in [1.54, 1.807) is 19.1 Å². The molecule has 0 aliphatic heterocycles. The molecule has 0 unspecified atom stereocenters. The topological polar surface area (TPSA) is 84.6 Å².